The molecule has 0 spiro atoms. The lowest BCUT2D eigenvalue weighted by atomic mass is 10.0. The molecule has 2 unspecified atom stereocenters. The molecule has 7 nitrogen and oxygen atoms in total. The second-order valence-corrected chi connectivity index (χ2v) is 12.7. The summed E-state index contributed by atoms with van der Waals surface area (Å²) < 4.78 is 5.87. The summed E-state index contributed by atoms with van der Waals surface area (Å²) in [4.78, 5) is 12.1. The van der Waals surface area contributed by atoms with Crippen molar-refractivity contribution in [3.63, 3.8) is 0 Å². The Balaban J connectivity index is 0. The highest BCUT2D eigenvalue weighted by molar-refractivity contribution is 5.75. The van der Waals surface area contributed by atoms with Crippen molar-refractivity contribution >= 4 is 5.91 Å². The molecule has 0 rings (SSSR count). The predicted octanol–water partition coefficient (Wildman–Crippen LogP) is 3.13. The van der Waals surface area contributed by atoms with Gasteiger partial charge in [0.1, 0.15) is 18.8 Å². The lowest BCUT2D eigenvalue weighted by Crippen LogP contribution is -3.00. The van der Waals surface area contributed by atoms with E-state index in [0.29, 0.717) is 24.0 Å². The van der Waals surface area contributed by atoms with Crippen molar-refractivity contribution in [3.8, 4) is 0 Å². The Morgan fingerprint density at radius 1 is 0.683 bits per heavy atom. The molecule has 2 atom stereocenters. The quantitative estimate of drug-likeness (QED) is 0.0716. The zero-order chi connectivity index (χ0) is 29.7. The molecule has 0 saturated heterocycles. The van der Waals surface area contributed by atoms with Gasteiger partial charge in [0, 0.05) is 19.4 Å². The number of amides is 1. The fourth-order valence-corrected chi connectivity index (χ4v) is 5.29. The monoisotopic (exact) mass is 608 g/mol. The van der Waals surface area contributed by atoms with Gasteiger partial charge < -0.3 is 42.3 Å². The Hall–Kier alpha value is -0.440. The maximum absolute atomic E-state index is 12.1. The van der Waals surface area contributed by atoms with Gasteiger partial charge in [-0.15, -0.1) is 0 Å². The number of ether oxygens (including phenoxy) is 1. The van der Waals surface area contributed by atoms with Crippen LogP contribution in [0.25, 0.3) is 0 Å². The van der Waals surface area contributed by atoms with Crippen molar-refractivity contribution in [1.82, 2.24) is 5.32 Å². The smallest absolute Gasteiger partial charge is 0.219 e. The van der Waals surface area contributed by atoms with Gasteiger partial charge in [-0.05, 0) is 6.42 Å². The van der Waals surface area contributed by atoms with E-state index >= 15 is 0 Å². The first-order chi connectivity index (χ1) is 19.3. The summed E-state index contributed by atoms with van der Waals surface area (Å²) in [5.74, 6) is 0.146. The van der Waals surface area contributed by atoms with Crippen LogP contribution in [0.15, 0.2) is 0 Å². The first-order valence-electron chi connectivity index (χ1n) is 16.9. The number of nitrogens with one attached hydrogen (secondary N) is 1. The SMILES string of the molecule is CCCCCCCCCCCCCCCCCCCCCC(=O)NCCC[N+](C)(C)CC(O)COCC(O)CO.[Cl-]. The maximum Gasteiger partial charge on any atom is 0.219 e. The molecule has 0 bridgehead atoms. The van der Waals surface area contributed by atoms with Crippen molar-refractivity contribution in [2.75, 3.05) is 53.6 Å². The van der Waals surface area contributed by atoms with Crippen molar-refractivity contribution in [2.24, 2.45) is 0 Å². The minimum absolute atomic E-state index is 0. The third-order valence-electron chi connectivity index (χ3n) is 7.81. The minimum Gasteiger partial charge on any atom is -1.00 e. The summed E-state index contributed by atoms with van der Waals surface area (Å²) in [6, 6.07) is 0. The van der Waals surface area contributed by atoms with Crippen LogP contribution >= 0.6 is 0 Å². The standard InChI is InChI=1S/C33H68N2O5.ClH/c1-4-5-6-7-8-9-10-11-12-13-14-15-16-17-18-19-20-21-22-24-33(39)34-25-23-26-35(2,3)27-31(37)29-40-30-32(38)28-36;/h31-32,36-38H,4-30H2,1-3H3;1H. The van der Waals surface area contributed by atoms with Crippen molar-refractivity contribution < 1.29 is 41.7 Å². The third-order valence-corrected chi connectivity index (χ3v) is 7.81. The summed E-state index contributed by atoms with van der Waals surface area (Å²) >= 11 is 0. The van der Waals surface area contributed by atoms with Crippen LogP contribution in [0.4, 0.5) is 0 Å². The van der Waals surface area contributed by atoms with Crippen LogP contribution in [0.3, 0.4) is 0 Å². The number of hydrogen-bond donors (Lipinski definition) is 4. The molecule has 1 amide bonds. The van der Waals surface area contributed by atoms with Crippen LogP contribution in [0.2, 0.25) is 0 Å². The molecule has 248 valence electrons. The highest BCUT2D eigenvalue weighted by Gasteiger charge is 2.20. The number of likely N-dealkylation sites (N-methyl/N-ethyl adjacent to an activating group) is 1. The van der Waals surface area contributed by atoms with E-state index in [-0.39, 0.29) is 38.1 Å². The molecular formula is C33H69ClN2O5. The summed E-state index contributed by atoms with van der Waals surface area (Å²) in [6.07, 6.45) is 25.7. The number of nitrogens with zero attached hydrogens (tertiary/aromatic N) is 1. The van der Waals surface area contributed by atoms with Crippen LogP contribution in [-0.2, 0) is 9.53 Å². The summed E-state index contributed by atoms with van der Waals surface area (Å²) in [5, 5.41) is 31.2. The van der Waals surface area contributed by atoms with E-state index < -0.39 is 12.2 Å². The van der Waals surface area contributed by atoms with Crippen LogP contribution in [0.5, 0.6) is 0 Å². The van der Waals surface area contributed by atoms with Gasteiger partial charge in [0.15, 0.2) is 0 Å². The van der Waals surface area contributed by atoms with Crippen LogP contribution < -0.4 is 17.7 Å². The molecular weight excluding hydrogens is 540 g/mol. The van der Waals surface area contributed by atoms with Gasteiger partial charge in [-0.25, -0.2) is 0 Å². The molecule has 0 saturated carbocycles. The molecule has 0 aromatic rings. The first kappa shape index (κ1) is 42.7. The van der Waals surface area contributed by atoms with Crippen molar-refractivity contribution in [3.05, 3.63) is 0 Å². The van der Waals surface area contributed by atoms with E-state index in [0.717, 1.165) is 25.8 Å². The fraction of sp³-hybridized carbons (Fsp3) is 0.970. The van der Waals surface area contributed by atoms with Gasteiger partial charge in [0.05, 0.1) is 40.5 Å². The number of quaternary nitrogens is 1. The normalized spacial score (nSPS) is 13.1. The number of unbranched alkanes of at least 4 members (excludes halogenated alkanes) is 18. The van der Waals surface area contributed by atoms with Crippen molar-refractivity contribution in [2.45, 2.75) is 154 Å². The Labute approximate surface area is 260 Å². The molecule has 0 aromatic carbocycles. The van der Waals surface area contributed by atoms with Gasteiger partial charge in [-0.3, -0.25) is 4.79 Å². The average molecular weight is 609 g/mol. The second-order valence-electron chi connectivity index (χ2n) is 12.7. The highest BCUT2D eigenvalue weighted by Crippen LogP contribution is 2.15. The van der Waals surface area contributed by atoms with Crippen LogP contribution in [0, 0.1) is 0 Å². The first-order valence-corrected chi connectivity index (χ1v) is 16.9. The average Bonchev–Trinajstić information content (AvgIpc) is 2.92. The Morgan fingerprint density at radius 3 is 1.54 bits per heavy atom. The molecule has 0 aliphatic carbocycles. The van der Waals surface area contributed by atoms with E-state index in [9.17, 15) is 15.0 Å². The number of aliphatic hydroxyl groups excluding tert-OH is 3. The Morgan fingerprint density at radius 2 is 1.10 bits per heavy atom. The van der Waals surface area contributed by atoms with Crippen LogP contribution in [0.1, 0.15) is 142 Å². The largest absolute Gasteiger partial charge is 1.00 e. The lowest BCUT2D eigenvalue weighted by molar-refractivity contribution is -0.893. The Kier molecular flexibility index (Phi) is 32.3. The molecule has 4 N–H and O–H groups in total. The number of carbonyl (C=O) groups is 1. The topological polar surface area (TPSA) is 99.0 Å². The third kappa shape index (κ3) is 32.3. The molecule has 0 radical (unpaired) electrons. The number of aliphatic hydroxyl groups is 3. The van der Waals surface area contributed by atoms with Gasteiger partial charge in [-0.2, -0.15) is 0 Å². The second kappa shape index (κ2) is 31.0. The van der Waals surface area contributed by atoms with E-state index in [1.165, 1.54) is 109 Å². The molecule has 8 heteroatoms. The van der Waals surface area contributed by atoms with Crippen molar-refractivity contribution in [1.29, 1.82) is 0 Å². The van der Waals surface area contributed by atoms with Crippen LogP contribution in [-0.4, -0.2) is 91.5 Å². The van der Waals surface area contributed by atoms with Gasteiger partial charge in [0.25, 0.3) is 0 Å². The number of carbonyl (C=O) groups excluding carboxylic acids is 1. The van der Waals surface area contributed by atoms with E-state index in [1.807, 2.05) is 14.1 Å². The van der Waals surface area contributed by atoms with E-state index in [1.54, 1.807) is 0 Å². The maximum atomic E-state index is 12.1. The minimum atomic E-state index is -0.905. The number of halogens is 1. The lowest BCUT2D eigenvalue weighted by Gasteiger charge is -2.32. The molecule has 0 aromatic heterocycles. The molecule has 41 heavy (non-hydrogen) atoms. The molecule has 0 fully saturated rings. The Bertz CT molecular complexity index is 554. The zero-order valence-electron chi connectivity index (χ0n) is 27.2. The van der Waals surface area contributed by atoms with Gasteiger partial charge in [-0.1, -0.05) is 122 Å². The van der Waals surface area contributed by atoms with Gasteiger partial charge >= 0.3 is 0 Å². The highest BCUT2D eigenvalue weighted by atomic mass is 35.5. The molecule has 0 aliphatic rings. The number of rotatable bonds is 31. The summed E-state index contributed by atoms with van der Waals surface area (Å²) in [7, 11) is 4.10. The molecule has 0 aliphatic heterocycles. The van der Waals surface area contributed by atoms with Gasteiger partial charge in [0.2, 0.25) is 5.91 Å². The number of hydrogen-bond acceptors (Lipinski definition) is 5. The van der Waals surface area contributed by atoms with E-state index in [2.05, 4.69) is 12.2 Å². The summed E-state index contributed by atoms with van der Waals surface area (Å²) in [6.45, 7) is 4.13. The predicted molar refractivity (Wildman–Crippen MR) is 167 cm³/mol. The zero-order valence-corrected chi connectivity index (χ0v) is 28.0. The molecule has 0 heterocycles. The fourth-order valence-electron chi connectivity index (χ4n) is 5.29. The van der Waals surface area contributed by atoms with E-state index in [4.69, 9.17) is 9.84 Å². The summed E-state index contributed by atoms with van der Waals surface area (Å²) in [5.41, 5.74) is 0.